The lowest BCUT2D eigenvalue weighted by molar-refractivity contribution is 0.465. The fraction of sp³-hybridized carbons (Fsp3) is 0.467. The van der Waals surface area contributed by atoms with E-state index in [1.54, 1.807) is 0 Å². The van der Waals surface area contributed by atoms with Crippen LogP contribution in [0.3, 0.4) is 0 Å². The predicted molar refractivity (Wildman–Crippen MR) is 204 cm³/mol. The van der Waals surface area contributed by atoms with Gasteiger partial charge in [0.25, 0.3) is 0 Å². The monoisotopic (exact) mass is 648 g/mol. The van der Waals surface area contributed by atoms with E-state index in [1.807, 2.05) is 41.5 Å². The van der Waals surface area contributed by atoms with Gasteiger partial charge in [0, 0.05) is 0 Å². The molecule has 0 atom stereocenters. The minimum absolute atomic E-state index is 0.425. The van der Waals surface area contributed by atoms with Crippen molar-refractivity contribution in [3.63, 3.8) is 0 Å². The molecule has 0 spiro atoms. The average molecular weight is 649 g/mol. The van der Waals surface area contributed by atoms with Crippen LogP contribution in [0.5, 0.6) is 17.2 Å². The molecule has 1 saturated carbocycles. The summed E-state index contributed by atoms with van der Waals surface area (Å²) in [6.45, 7) is 32.1. The molecule has 0 saturated heterocycles. The zero-order valence-electron chi connectivity index (χ0n) is 32.6. The maximum absolute atomic E-state index is 10.7. The molecule has 3 N–H and O–H groups in total. The van der Waals surface area contributed by atoms with Gasteiger partial charge in [-0.25, -0.2) is 0 Å². The number of aromatic hydroxyl groups is 3. The minimum Gasteiger partial charge on any atom is -0.507 e. The van der Waals surface area contributed by atoms with Crippen LogP contribution in [0.1, 0.15) is 123 Å². The number of hydrogen-bond acceptors (Lipinski definition) is 3. The van der Waals surface area contributed by atoms with Gasteiger partial charge >= 0.3 is 0 Å². The third kappa shape index (κ3) is 6.63. The first-order chi connectivity index (χ1) is 22.3. The molecule has 1 fully saturated rings. The van der Waals surface area contributed by atoms with Crippen molar-refractivity contribution in [3.05, 3.63) is 117 Å². The Morgan fingerprint density at radius 3 is 0.667 bits per heavy atom. The summed E-state index contributed by atoms with van der Waals surface area (Å²) in [6, 6.07) is 0. The second kappa shape index (κ2) is 14.0. The summed E-state index contributed by atoms with van der Waals surface area (Å²) in [5, 5.41) is 32.2. The third-order valence-electron chi connectivity index (χ3n) is 12.6. The largest absolute Gasteiger partial charge is 0.507 e. The fourth-order valence-corrected chi connectivity index (χ4v) is 7.94. The first kappa shape index (κ1) is 37.1. The Kier molecular flexibility index (Phi) is 10.8. The van der Waals surface area contributed by atoms with Crippen LogP contribution in [0.15, 0.2) is 33.4 Å². The summed E-state index contributed by atoms with van der Waals surface area (Å²) in [5.74, 6) is 1.27. The van der Waals surface area contributed by atoms with E-state index in [4.69, 9.17) is 0 Å². The van der Waals surface area contributed by atoms with E-state index in [1.165, 1.54) is 83.5 Å². The Bertz CT molecular complexity index is 1600. The highest BCUT2D eigenvalue weighted by atomic mass is 16.3. The second-order valence-corrected chi connectivity index (χ2v) is 15.2. The van der Waals surface area contributed by atoms with E-state index >= 15 is 0 Å². The van der Waals surface area contributed by atoms with E-state index in [0.717, 1.165) is 71.9 Å². The van der Waals surface area contributed by atoms with Crippen LogP contribution >= 0.6 is 0 Å². The zero-order valence-corrected chi connectivity index (χ0v) is 32.6. The molecule has 0 aliphatic heterocycles. The first-order valence-electron chi connectivity index (χ1n) is 17.7. The van der Waals surface area contributed by atoms with Gasteiger partial charge in [-0.3, -0.25) is 0 Å². The van der Waals surface area contributed by atoms with Crippen molar-refractivity contribution >= 4 is 0 Å². The van der Waals surface area contributed by atoms with Crippen molar-refractivity contribution in [2.45, 2.75) is 142 Å². The van der Waals surface area contributed by atoms with Gasteiger partial charge in [-0.05, 0) is 226 Å². The SMILES string of the molecule is CC(Cc1c(C)c(C)c(O)c(C)c1C)=C1CC(=C(C)Cc2c(C)c(C)c(O)c(C)c2C)CC(=C(C)Cc2c(C)c(C)c(O)c(C)c2C)C1. The second-order valence-electron chi connectivity index (χ2n) is 15.2. The molecule has 1 aliphatic rings. The van der Waals surface area contributed by atoms with Gasteiger partial charge in [-0.2, -0.15) is 0 Å². The van der Waals surface area contributed by atoms with Crippen LogP contribution in [0.4, 0.5) is 0 Å². The minimum atomic E-state index is 0.425. The van der Waals surface area contributed by atoms with Gasteiger partial charge in [-0.1, -0.05) is 33.4 Å². The normalized spacial score (nSPS) is 13.4. The Labute approximate surface area is 291 Å². The van der Waals surface area contributed by atoms with Gasteiger partial charge in [0.15, 0.2) is 0 Å². The number of benzene rings is 3. The molecule has 1 aliphatic carbocycles. The summed E-state index contributed by atoms with van der Waals surface area (Å²) in [7, 11) is 0. The van der Waals surface area contributed by atoms with Crippen molar-refractivity contribution in [1.82, 2.24) is 0 Å². The molecular weight excluding hydrogens is 588 g/mol. The number of hydrogen-bond donors (Lipinski definition) is 3. The van der Waals surface area contributed by atoms with Crippen LogP contribution in [0, 0.1) is 83.1 Å². The molecule has 3 aromatic carbocycles. The number of phenolic OH excluding ortho intramolecular Hbond substituents is 3. The lowest BCUT2D eigenvalue weighted by atomic mass is 9.77. The molecule has 0 unspecified atom stereocenters. The lowest BCUT2D eigenvalue weighted by Gasteiger charge is -2.29. The Morgan fingerprint density at radius 1 is 0.333 bits per heavy atom. The molecule has 4 rings (SSSR count). The highest BCUT2D eigenvalue weighted by Gasteiger charge is 2.24. The summed E-state index contributed by atoms with van der Waals surface area (Å²) in [6.07, 6.45) is 5.59. The Morgan fingerprint density at radius 2 is 0.500 bits per heavy atom. The molecular formula is C45H60O3. The van der Waals surface area contributed by atoms with Gasteiger partial charge in [0.2, 0.25) is 0 Å². The molecule has 0 bridgehead atoms. The molecule has 3 heteroatoms. The molecule has 0 amide bonds. The van der Waals surface area contributed by atoms with Crippen LogP contribution in [-0.2, 0) is 19.3 Å². The standard InChI is InChI=1S/C45H60O3/c1-22(16-40-25(4)31(10)43(46)32(11)26(40)5)37-19-38(23(2)17-41-27(6)33(12)44(47)34(13)28(41)7)21-39(20-37)24(3)18-42-29(8)35(14)45(48)36(15)30(42)9/h46-48H,16-21H2,1-15H3. The van der Waals surface area contributed by atoms with E-state index in [-0.39, 0.29) is 0 Å². The Balaban J connectivity index is 1.87. The predicted octanol–water partition coefficient (Wildman–Crippen LogP) is 11.7. The fourth-order valence-electron chi connectivity index (χ4n) is 7.94. The Hall–Kier alpha value is -3.72. The van der Waals surface area contributed by atoms with Crippen molar-refractivity contribution in [3.8, 4) is 17.2 Å². The molecule has 0 radical (unpaired) electrons. The summed E-state index contributed by atoms with van der Waals surface area (Å²) >= 11 is 0. The molecule has 48 heavy (non-hydrogen) atoms. The summed E-state index contributed by atoms with van der Waals surface area (Å²) in [5.41, 5.74) is 25.9. The maximum atomic E-state index is 10.7. The van der Waals surface area contributed by atoms with E-state index in [0.29, 0.717) is 17.2 Å². The molecule has 3 nitrogen and oxygen atoms in total. The summed E-state index contributed by atoms with van der Waals surface area (Å²) < 4.78 is 0. The van der Waals surface area contributed by atoms with Gasteiger partial charge in [-0.15, -0.1) is 0 Å². The van der Waals surface area contributed by atoms with Crippen molar-refractivity contribution in [2.24, 2.45) is 0 Å². The van der Waals surface area contributed by atoms with Crippen LogP contribution in [-0.4, -0.2) is 15.3 Å². The maximum Gasteiger partial charge on any atom is 0.121 e. The molecule has 0 heterocycles. The number of phenols is 3. The van der Waals surface area contributed by atoms with Crippen molar-refractivity contribution in [2.75, 3.05) is 0 Å². The lowest BCUT2D eigenvalue weighted by Crippen LogP contribution is -2.11. The van der Waals surface area contributed by atoms with Gasteiger partial charge in [0.05, 0.1) is 0 Å². The van der Waals surface area contributed by atoms with Crippen LogP contribution < -0.4 is 0 Å². The van der Waals surface area contributed by atoms with Crippen molar-refractivity contribution < 1.29 is 15.3 Å². The topological polar surface area (TPSA) is 60.7 Å². The number of rotatable bonds is 6. The molecule has 258 valence electrons. The van der Waals surface area contributed by atoms with Crippen LogP contribution in [0.25, 0.3) is 0 Å². The summed E-state index contributed by atoms with van der Waals surface area (Å²) in [4.78, 5) is 0. The molecule has 0 aromatic heterocycles. The van der Waals surface area contributed by atoms with Gasteiger partial charge in [0.1, 0.15) is 17.2 Å². The van der Waals surface area contributed by atoms with Crippen LogP contribution in [0.2, 0.25) is 0 Å². The van der Waals surface area contributed by atoms with Gasteiger partial charge < -0.3 is 15.3 Å². The van der Waals surface area contributed by atoms with E-state index < -0.39 is 0 Å². The van der Waals surface area contributed by atoms with E-state index in [2.05, 4.69) is 62.3 Å². The highest BCUT2D eigenvalue weighted by Crippen LogP contribution is 2.42. The third-order valence-corrected chi connectivity index (χ3v) is 12.6. The highest BCUT2D eigenvalue weighted by molar-refractivity contribution is 5.57. The smallest absolute Gasteiger partial charge is 0.121 e. The number of allylic oxidation sites excluding steroid dienone is 6. The quantitative estimate of drug-likeness (QED) is 0.233. The van der Waals surface area contributed by atoms with Crippen molar-refractivity contribution in [1.29, 1.82) is 0 Å². The first-order valence-corrected chi connectivity index (χ1v) is 17.7. The zero-order chi connectivity index (χ0) is 36.1. The van der Waals surface area contributed by atoms with E-state index in [9.17, 15) is 15.3 Å². The average Bonchev–Trinajstić information content (AvgIpc) is 3.07. The molecule has 3 aromatic rings.